The lowest BCUT2D eigenvalue weighted by atomic mass is 10.1. The summed E-state index contributed by atoms with van der Waals surface area (Å²) in [6, 6.07) is 14.3. The van der Waals surface area contributed by atoms with Gasteiger partial charge in [-0.15, -0.1) is 11.3 Å². The van der Waals surface area contributed by atoms with E-state index >= 15 is 0 Å². The number of ether oxygens (including phenoxy) is 1. The Labute approximate surface area is 204 Å². The van der Waals surface area contributed by atoms with Crippen molar-refractivity contribution in [1.82, 2.24) is 14.6 Å². The Bertz CT molecular complexity index is 1250. The van der Waals surface area contributed by atoms with Gasteiger partial charge in [0.15, 0.2) is 0 Å². The van der Waals surface area contributed by atoms with Gasteiger partial charge in [0, 0.05) is 36.1 Å². The van der Waals surface area contributed by atoms with Gasteiger partial charge in [-0.1, -0.05) is 30.3 Å². The van der Waals surface area contributed by atoms with Gasteiger partial charge in [0.05, 0.1) is 27.8 Å². The van der Waals surface area contributed by atoms with Crippen LogP contribution in [0.2, 0.25) is 0 Å². The minimum Gasteiger partial charge on any atom is -0.373 e. The number of hydrogen-bond acceptors (Lipinski definition) is 6. The number of hydrogen-bond donors (Lipinski definition) is 1. The number of carbonyl (C=O) groups is 1. The molecule has 1 aromatic heterocycles. The lowest BCUT2D eigenvalue weighted by Gasteiger charge is -2.34. The van der Waals surface area contributed by atoms with Gasteiger partial charge in [-0.25, -0.2) is 13.4 Å². The van der Waals surface area contributed by atoms with Crippen LogP contribution in [0.1, 0.15) is 34.8 Å². The van der Waals surface area contributed by atoms with E-state index in [1.165, 1.54) is 16.4 Å². The van der Waals surface area contributed by atoms with Gasteiger partial charge in [0.2, 0.25) is 10.0 Å². The highest BCUT2D eigenvalue weighted by atomic mass is 32.2. The number of rotatable bonds is 7. The molecule has 0 radical (unpaired) electrons. The monoisotopic (exact) mass is 499 g/mol. The van der Waals surface area contributed by atoms with Crippen molar-refractivity contribution in [1.29, 1.82) is 0 Å². The van der Waals surface area contributed by atoms with Gasteiger partial charge in [0.25, 0.3) is 5.91 Å². The first-order valence-electron chi connectivity index (χ1n) is 11.3. The maximum Gasteiger partial charge on any atom is 0.251 e. The van der Waals surface area contributed by atoms with Crippen molar-refractivity contribution in [3.63, 3.8) is 0 Å². The van der Waals surface area contributed by atoms with Crippen LogP contribution >= 0.6 is 11.3 Å². The third kappa shape index (κ3) is 5.72. The fraction of sp³-hybridized carbons (Fsp3) is 0.360. The fourth-order valence-corrected chi connectivity index (χ4v) is 6.29. The molecule has 2 heterocycles. The first-order valence-corrected chi connectivity index (χ1v) is 13.6. The molecule has 0 spiro atoms. The van der Waals surface area contributed by atoms with E-state index in [2.05, 4.69) is 10.3 Å². The minimum atomic E-state index is -3.70. The summed E-state index contributed by atoms with van der Waals surface area (Å²) in [5.74, 6) is -0.296. The van der Waals surface area contributed by atoms with Crippen LogP contribution in [0, 0.1) is 6.92 Å². The molecule has 180 valence electrons. The summed E-state index contributed by atoms with van der Waals surface area (Å²) in [6.07, 6.45) is 0.318. The van der Waals surface area contributed by atoms with Crippen LogP contribution in [0.5, 0.6) is 0 Å². The average molecular weight is 500 g/mol. The number of aromatic nitrogens is 1. The zero-order chi connectivity index (χ0) is 24.3. The SMILES string of the molecule is Cc1nc(-c2ccc(CCNC(=O)c3cccc(S(=O)(=O)N4CC(C)OC(C)C4)c3)cc2)cs1. The lowest BCUT2D eigenvalue weighted by molar-refractivity contribution is -0.0440. The molecular weight excluding hydrogens is 470 g/mol. The van der Waals surface area contributed by atoms with Gasteiger partial charge in [0.1, 0.15) is 0 Å². The third-order valence-corrected chi connectivity index (χ3v) is 8.29. The number of sulfonamides is 1. The molecule has 1 aliphatic heterocycles. The summed E-state index contributed by atoms with van der Waals surface area (Å²) in [7, 11) is -3.70. The van der Waals surface area contributed by atoms with Crippen molar-refractivity contribution >= 4 is 27.3 Å². The second-order valence-electron chi connectivity index (χ2n) is 8.56. The largest absolute Gasteiger partial charge is 0.373 e. The van der Waals surface area contributed by atoms with Crippen LogP contribution in [0.3, 0.4) is 0 Å². The second kappa shape index (κ2) is 10.4. The van der Waals surface area contributed by atoms with E-state index in [0.717, 1.165) is 21.8 Å². The molecule has 0 aliphatic carbocycles. The second-order valence-corrected chi connectivity index (χ2v) is 11.6. The molecule has 1 amide bonds. The Morgan fingerprint density at radius 1 is 1.15 bits per heavy atom. The van der Waals surface area contributed by atoms with Crippen molar-refractivity contribution in [3.8, 4) is 11.3 Å². The van der Waals surface area contributed by atoms with E-state index in [0.29, 0.717) is 31.6 Å². The Kier molecular flexibility index (Phi) is 7.47. The first-order chi connectivity index (χ1) is 16.2. The molecule has 2 unspecified atom stereocenters. The predicted octanol–water partition coefficient (Wildman–Crippen LogP) is 3.89. The zero-order valence-corrected chi connectivity index (χ0v) is 21.2. The number of thiazole rings is 1. The van der Waals surface area contributed by atoms with Gasteiger partial charge >= 0.3 is 0 Å². The molecular formula is C25H29N3O4S2. The molecule has 0 saturated carbocycles. The highest BCUT2D eigenvalue weighted by molar-refractivity contribution is 7.89. The summed E-state index contributed by atoms with van der Waals surface area (Å²) >= 11 is 1.62. The number of morpholine rings is 1. The molecule has 34 heavy (non-hydrogen) atoms. The van der Waals surface area contributed by atoms with Crippen molar-refractivity contribution in [3.05, 3.63) is 70.0 Å². The van der Waals surface area contributed by atoms with Crippen LogP contribution in [0.4, 0.5) is 0 Å². The zero-order valence-electron chi connectivity index (χ0n) is 19.5. The molecule has 0 bridgehead atoms. The van der Waals surface area contributed by atoms with Crippen LogP contribution < -0.4 is 5.32 Å². The molecule has 2 aromatic carbocycles. The summed E-state index contributed by atoms with van der Waals surface area (Å²) in [5.41, 5.74) is 3.46. The number of benzene rings is 2. The first kappa shape index (κ1) is 24.5. The van der Waals surface area contributed by atoms with Crippen LogP contribution in [0.15, 0.2) is 58.8 Å². The summed E-state index contributed by atoms with van der Waals surface area (Å²) < 4.78 is 33.3. The van der Waals surface area contributed by atoms with E-state index in [9.17, 15) is 13.2 Å². The number of aryl methyl sites for hydroxylation is 1. The molecule has 9 heteroatoms. The van der Waals surface area contributed by atoms with Gasteiger partial charge in [-0.3, -0.25) is 4.79 Å². The molecule has 1 aliphatic rings. The summed E-state index contributed by atoms with van der Waals surface area (Å²) in [5, 5.41) is 5.97. The van der Waals surface area contributed by atoms with E-state index < -0.39 is 10.0 Å². The van der Waals surface area contributed by atoms with Crippen molar-refractivity contribution < 1.29 is 17.9 Å². The van der Waals surface area contributed by atoms with Crippen molar-refractivity contribution in [2.75, 3.05) is 19.6 Å². The topological polar surface area (TPSA) is 88.6 Å². The molecule has 7 nitrogen and oxygen atoms in total. The number of carbonyl (C=O) groups excluding carboxylic acids is 1. The quantitative estimate of drug-likeness (QED) is 0.533. The number of amides is 1. The summed E-state index contributed by atoms with van der Waals surface area (Å²) in [4.78, 5) is 17.3. The van der Waals surface area contributed by atoms with Crippen molar-refractivity contribution in [2.24, 2.45) is 0 Å². The highest BCUT2D eigenvalue weighted by Crippen LogP contribution is 2.23. The molecule has 1 N–H and O–H groups in total. The van der Waals surface area contributed by atoms with E-state index in [4.69, 9.17) is 4.74 Å². The number of nitrogens with one attached hydrogen (secondary N) is 1. The van der Waals surface area contributed by atoms with E-state index in [1.807, 2.05) is 50.4 Å². The van der Waals surface area contributed by atoms with Crippen LogP contribution in [-0.2, 0) is 21.2 Å². The normalized spacial score (nSPS) is 19.1. The fourth-order valence-electron chi connectivity index (χ4n) is 4.03. The van der Waals surface area contributed by atoms with Crippen LogP contribution in [-0.4, -0.2) is 55.5 Å². The Morgan fingerprint density at radius 3 is 2.50 bits per heavy atom. The standard InChI is InChI=1S/C25H29N3O4S2/c1-17-14-28(15-18(2)32-17)34(30,31)23-6-4-5-22(13-23)25(29)26-12-11-20-7-9-21(10-8-20)24-16-33-19(3)27-24/h4-10,13,16-18H,11-12,14-15H2,1-3H3,(H,26,29). The van der Waals surface area contributed by atoms with Gasteiger partial charge in [-0.2, -0.15) is 4.31 Å². The van der Waals surface area contributed by atoms with Crippen molar-refractivity contribution in [2.45, 2.75) is 44.3 Å². The lowest BCUT2D eigenvalue weighted by Crippen LogP contribution is -2.48. The summed E-state index contributed by atoms with van der Waals surface area (Å²) in [6.45, 7) is 6.74. The van der Waals surface area contributed by atoms with E-state index in [1.54, 1.807) is 23.5 Å². The Balaban J connectivity index is 1.36. The minimum absolute atomic E-state index is 0.120. The maximum absolute atomic E-state index is 13.1. The molecule has 2 atom stereocenters. The Hall–Kier alpha value is -2.59. The van der Waals surface area contributed by atoms with E-state index in [-0.39, 0.29) is 23.0 Å². The molecule has 3 aromatic rings. The molecule has 1 saturated heterocycles. The predicted molar refractivity (Wildman–Crippen MR) is 134 cm³/mol. The molecule has 1 fully saturated rings. The third-order valence-electron chi connectivity index (χ3n) is 5.69. The smallest absolute Gasteiger partial charge is 0.251 e. The van der Waals surface area contributed by atoms with Gasteiger partial charge in [-0.05, 0) is 51.0 Å². The average Bonchev–Trinajstić information content (AvgIpc) is 3.25. The van der Waals surface area contributed by atoms with Gasteiger partial charge < -0.3 is 10.1 Å². The number of nitrogens with zero attached hydrogens (tertiary/aromatic N) is 2. The highest BCUT2D eigenvalue weighted by Gasteiger charge is 2.32. The molecule has 4 rings (SSSR count). The Morgan fingerprint density at radius 2 is 1.85 bits per heavy atom. The van der Waals surface area contributed by atoms with Crippen LogP contribution in [0.25, 0.3) is 11.3 Å². The maximum atomic E-state index is 13.1.